The number of aryl methyl sites for hydroxylation is 1. The summed E-state index contributed by atoms with van der Waals surface area (Å²) in [5.74, 6) is 1.70. The van der Waals surface area contributed by atoms with E-state index in [2.05, 4.69) is 26.8 Å². The zero-order valence-corrected chi connectivity index (χ0v) is 13.3. The molecule has 1 amide bonds. The van der Waals surface area contributed by atoms with Gasteiger partial charge in [0.25, 0.3) is 5.91 Å². The molecule has 8 heteroatoms. The van der Waals surface area contributed by atoms with E-state index < -0.39 is 0 Å². The lowest BCUT2D eigenvalue weighted by atomic mass is 10.1. The van der Waals surface area contributed by atoms with E-state index in [0.717, 1.165) is 30.1 Å². The van der Waals surface area contributed by atoms with Crippen LogP contribution in [0.5, 0.6) is 0 Å². The summed E-state index contributed by atoms with van der Waals surface area (Å²) in [7, 11) is 1.88. The topological polar surface area (TPSA) is 78.1 Å². The fourth-order valence-electron chi connectivity index (χ4n) is 3.41. The van der Waals surface area contributed by atoms with Crippen LogP contribution < -0.4 is 0 Å². The Balaban J connectivity index is 1.61. The van der Waals surface area contributed by atoms with Crippen LogP contribution in [0, 0.1) is 0 Å². The summed E-state index contributed by atoms with van der Waals surface area (Å²) >= 11 is 0. The number of carbonyl (C=O) groups is 1. The van der Waals surface area contributed by atoms with Gasteiger partial charge in [-0.1, -0.05) is 0 Å². The molecular formula is C15H20N6O2. The van der Waals surface area contributed by atoms with E-state index in [1.165, 1.54) is 0 Å². The second kappa shape index (κ2) is 5.45. The largest absolute Gasteiger partial charge is 0.368 e. The third-order valence-corrected chi connectivity index (χ3v) is 4.50. The molecule has 122 valence electrons. The molecule has 0 aromatic carbocycles. The molecule has 2 aliphatic rings. The molecule has 0 aliphatic carbocycles. The van der Waals surface area contributed by atoms with Gasteiger partial charge in [0, 0.05) is 26.4 Å². The van der Waals surface area contributed by atoms with E-state index >= 15 is 0 Å². The summed E-state index contributed by atoms with van der Waals surface area (Å²) in [5.41, 5.74) is 0.942. The monoisotopic (exact) mass is 316 g/mol. The van der Waals surface area contributed by atoms with Crippen molar-refractivity contribution in [3.63, 3.8) is 0 Å². The predicted molar refractivity (Wildman–Crippen MR) is 81.3 cm³/mol. The van der Waals surface area contributed by atoms with Crippen LogP contribution in [-0.4, -0.2) is 54.6 Å². The first-order chi connectivity index (χ1) is 11.1. The number of ether oxygens (including phenoxy) is 1. The lowest BCUT2D eigenvalue weighted by Crippen LogP contribution is -2.45. The summed E-state index contributed by atoms with van der Waals surface area (Å²) in [4.78, 5) is 14.4. The van der Waals surface area contributed by atoms with Gasteiger partial charge < -0.3 is 14.2 Å². The van der Waals surface area contributed by atoms with Crippen molar-refractivity contribution in [2.24, 2.45) is 7.05 Å². The van der Waals surface area contributed by atoms with E-state index in [0.29, 0.717) is 19.7 Å². The van der Waals surface area contributed by atoms with Crippen molar-refractivity contribution < 1.29 is 9.53 Å². The van der Waals surface area contributed by atoms with Gasteiger partial charge in [0.1, 0.15) is 6.10 Å². The SMILES string of the molecule is C[C@H]1CN(C(=O)[C@H]2CCCO2)Cc2nnc(-c3cnn(C)c3)n21. The second-order valence-electron chi connectivity index (χ2n) is 6.28. The van der Waals surface area contributed by atoms with Gasteiger partial charge in [-0.3, -0.25) is 9.48 Å². The molecule has 8 nitrogen and oxygen atoms in total. The number of nitrogens with zero attached hydrogens (tertiary/aromatic N) is 6. The van der Waals surface area contributed by atoms with Crippen molar-refractivity contribution >= 4 is 5.91 Å². The smallest absolute Gasteiger partial charge is 0.252 e. The molecule has 2 aliphatic heterocycles. The number of hydrogen-bond acceptors (Lipinski definition) is 5. The first kappa shape index (κ1) is 14.4. The molecule has 4 rings (SSSR count). The summed E-state index contributed by atoms with van der Waals surface area (Å²) in [6, 6.07) is 0.120. The van der Waals surface area contributed by atoms with Gasteiger partial charge in [-0.25, -0.2) is 0 Å². The Hall–Kier alpha value is -2.22. The van der Waals surface area contributed by atoms with Gasteiger partial charge >= 0.3 is 0 Å². The van der Waals surface area contributed by atoms with Crippen LogP contribution in [0.3, 0.4) is 0 Å². The highest BCUT2D eigenvalue weighted by atomic mass is 16.5. The van der Waals surface area contributed by atoms with Gasteiger partial charge in [0.15, 0.2) is 11.6 Å². The first-order valence-electron chi connectivity index (χ1n) is 7.96. The minimum Gasteiger partial charge on any atom is -0.368 e. The maximum absolute atomic E-state index is 12.6. The van der Waals surface area contributed by atoms with Crippen molar-refractivity contribution in [1.82, 2.24) is 29.4 Å². The van der Waals surface area contributed by atoms with Gasteiger partial charge in [0.05, 0.1) is 24.3 Å². The average molecular weight is 316 g/mol. The summed E-state index contributed by atoms with van der Waals surface area (Å²) < 4.78 is 9.38. The zero-order valence-electron chi connectivity index (χ0n) is 13.3. The third kappa shape index (κ3) is 2.42. The Morgan fingerprint density at radius 3 is 2.96 bits per heavy atom. The Morgan fingerprint density at radius 2 is 2.26 bits per heavy atom. The van der Waals surface area contributed by atoms with Crippen molar-refractivity contribution in [3.8, 4) is 11.4 Å². The first-order valence-corrected chi connectivity index (χ1v) is 7.96. The minimum absolute atomic E-state index is 0.0755. The average Bonchev–Trinajstić information content (AvgIpc) is 3.25. The normalized spacial score (nSPS) is 24.0. The lowest BCUT2D eigenvalue weighted by Gasteiger charge is -2.33. The van der Waals surface area contributed by atoms with Crippen molar-refractivity contribution in [2.45, 2.75) is 38.5 Å². The molecule has 0 bridgehead atoms. The van der Waals surface area contributed by atoms with Crippen LogP contribution in [0.4, 0.5) is 0 Å². The highest BCUT2D eigenvalue weighted by Gasteiger charge is 2.34. The van der Waals surface area contributed by atoms with Gasteiger partial charge in [-0.15, -0.1) is 10.2 Å². The number of amides is 1. The van der Waals surface area contributed by atoms with Gasteiger partial charge in [0.2, 0.25) is 0 Å². The molecule has 0 radical (unpaired) electrons. The minimum atomic E-state index is -0.283. The molecule has 0 N–H and O–H groups in total. The van der Waals surface area contributed by atoms with E-state index in [4.69, 9.17) is 4.74 Å². The van der Waals surface area contributed by atoms with Crippen molar-refractivity contribution in [3.05, 3.63) is 18.2 Å². The molecule has 23 heavy (non-hydrogen) atoms. The quantitative estimate of drug-likeness (QED) is 0.817. The van der Waals surface area contributed by atoms with Crippen LogP contribution in [0.1, 0.15) is 31.6 Å². The van der Waals surface area contributed by atoms with Crippen LogP contribution in [0.25, 0.3) is 11.4 Å². The van der Waals surface area contributed by atoms with Crippen molar-refractivity contribution in [2.75, 3.05) is 13.2 Å². The molecule has 2 aromatic heterocycles. The van der Waals surface area contributed by atoms with Crippen LogP contribution >= 0.6 is 0 Å². The molecule has 0 saturated carbocycles. The second-order valence-corrected chi connectivity index (χ2v) is 6.28. The third-order valence-electron chi connectivity index (χ3n) is 4.50. The molecule has 0 unspecified atom stereocenters. The highest BCUT2D eigenvalue weighted by molar-refractivity contribution is 5.81. The lowest BCUT2D eigenvalue weighted by molar-refractivity contribution is -0.143. The Morgan fingerprint density at radius 1 is 1.39 bits per heavy atom. The number of hydrogen-bond donors (Lipinski definition) is 0. The van der Waals surface area contributed by atoms with E-state index in [-0.39, 0.29) is 18.1 Å². The molecule has 1 fully saturated rings. The molecular weight excluding hydrogens is 296 g/mol. The number of fused-ring (bicyclic) bond motifs is 1. The number of aromatic nitrogens is 5. The number of rotatable bonds is 2. The van der Waals surface area contributed by atoms with Crippen molar-refractivity contribution in [1.29, 1.82) is 0 Å². The van der Waals surface area contributed by atoms with Gasteiger partial charge in [-0.05, 0) is 19.8 Å². The Bertz CT molecular complexity index is 730. The molecule has 1 saturated heterocycles. The van der Waals surface area contributed by atoms with Crippen LogP contribution in [-0.2, 0) is 23.1 Å². The fourth-order valence-corrected chi connectivity index (χ4v) is 3.41. The van der Waals surface area contributed by atoms with E-state index in [9.17, 15) is 4.79 Å². The maximum atomic E-state index is 12.6. The van der Waals surface area contributed by atoms with Crippen LogP contribution in [0.2, 0.25) is 0 Å². The summed E-state index contributed by atoms with van der Waals surface area (Å²) in [6.45, 7) is 3.90. The predicted octanol–water partition coefficient (Wildman–Crippen LogP) is 0.761. The zero-order chi connectivity index (χ0) is 16.0. The van der Waals surface area contributed by atoms with Crippen LogP contribution in [0.15, 0.2) is 12.4 Å². The molecule has 4 heterocycles. The maximum Gasteiger partial charge on any atom is 0.252 e. The standard InChI is InChI=1S/C15H20N6O2/c1-10-7-20(15(22)12-4-3-5-23-12)9-13-17-18-14(21(10)13)11-6-16-19(2)8-11/h6,8,10,12H,3-5,7,9H2,1-2H3/t10-,12+/m0/s1. The molecule has 2 atom stereocenters. The summed E-state index contributed by atoms with van der Waals surface area (Å²) in [6.07, 6.45) is 5.20. The fraction of sp³-hybridized carbons (Fsp3) is 0.600. The molecule has 2 aromatic rings. The highest BCUT2D eigenvalue weighted by Crippen LogP contribution is 2.28. The number of carbonyl (C=O) groups excluding carboxylic acids is 1. The van der Waals surface area contributed by atoms with E-state index in [1.807, 2.05) is 18.1 Å². The van der Waals surface area contributed by atoms with E-state index in [1.54, 1.807) is 10.9 Å². The Labute approximate surface area is 134 Å². The summed E-state index contributed by atoms with van der Waals surface area (Å²) in [5, 5.41) is 12.8. The molecule has 0 spiro atoms. The Kier molecular flexibility index (Phi) is 3.41. The van der Waals surface area contributed by atoms with Gasteiger partial charge in [-0.2, -0.15) is 5.10 Å².